The van der Waals surface area contributed by atoms with Crippen LogP contribution in [0.25, 0.3) is 0 Å². The minimum Gasteiger partial charge on any atom is -0.506 e. The van der Waals surface area contributed by atoms with Crippen LogP contribution in [0, 0.1) is 0 Å². The number of nitrogens with one attached hydrogen (secondary N) is 1. The number of phenolic OH excluding ortho intramolecular Hbond substituents is 1. The molecule has 0 fully saturated rings. The van der Waals surface area contributed by atoms with E-state index >= 15 is 0 Å². The van der Waals surface area contributed by atoms with Crippen molar-refractivity contribution in [1.29, 1.82) is 0 Å². The monoisotopic (exact) mass is 177 g/mol. The molecular formula is C10H11NO2. The Morgan fingerprint density at radius 2 is 2.15 bits per heavy atom. The molecule has 0 aromatic heterocycles. The molecule has 0 heterocycles. The highest BCUT2D eigenvalue weighted by Crippen LogP contribution is 2.21. The van der Waals surface area contributed by atoms with Gasteiger partial charge in [0.05, 0.1) is 5.69 Å². The Morgan fingerprint density at radius 1 is 1.46 bits per heavy atom. The van der Waals surface area contributed by atoms with Crippen LogP contribution in [0.2, 0.25) is 0 Å². The van der Waals surface area contributed by atoms with Crippen molar-refractivity contribution < 1.29 is 9.90 Å². The van der Waals surface area contributed by atoms with Gasteiger partial charge in [0.25, 0.3) is 0 Å². The second kappa shape index (κ2) is 4.30. The highest BCUT2D eigenvalue weighted by molar-refractivity contribution is 5.69. The van der Waals surface area contributed by atoms with Gasteiger partial charge < -0.3 is 15.2 Å². The maximum absolute atomic E-state index is 10.4. The van der Waals surface area contributed by atoms with Crippen LogP contribution in [-0.4, -0.2) is 17.4 Å². The molecule has 0 aliphatic carbocycles. The molecular weight excluding hydrogens is 166 g/mol. The molecule has 0 spiro atoms. The maximum Gasteiger partial charge on any atom is 0.146 e. The molecule has 0 radical (unpaired) electrons. The standard InChI is InChI=1S/C10H11NO2/c1-2-8(7-12)11-9-5-3-4-6-10(9)13/h2-8,11,13H,1H2. The number of hydrogen-bond donors (Lipinski definition) is 2. The molecule has 0 aliphatic rings. The first-order chi connectivity index (χ1) is 6.27. The first-order valence-electron chi connectivity index (χ1n) is 3.90. The highest BCUT2D eigenvalue weighted by Gasteiger charge is 2.03. The van der Waals surface area contributed by atoms with Crippen LogP contribution in [0.3, 0.4) is 0 Å². The summed E-state index contributed by atoms with van der Waals surface area (Å²) in [5.41, 5.74) is 0.527. The zero-order valence-corrected chi connectivity index (χ0v) is 7.10. The summed E-state index contributed by atoms with van der Waals surface area (Å²) < 4.78 is 0. The third-order valence-electron chi connectivity index (χ3n) is 1.63. The van der Waals surface area contributed by atoms with E-state index in [1.807, 2.05) is 0 Å². The molecule has 1 rings (SSSR count). The Labute approximate surface area is 76.7 Å². The SMILES string of the molecule is C=CC(C=O)Nc1ccccc1O. The van der Waals surface area contributed by atoms with Crippen LogP contribution in [0.4, 0.5) is 5.69 Å². The molecule has 0 aliphatic heterocycles. The lowest BCUT2D eigenvalue weighted by molar-refractivity contribution is -0.107. The van der Waals surface area contributed by atoms with E-state index in [0.29, 0.717) is 5.69 Å². The van der Waals surface area contributed by atoms with Crippen molar-refractivity contribution in [3.8, 4) is 5.75 Å². The van der Waals surface area contributed by atoms with Crippen molar-refractivity contribution in [2.24, 2.45) is 0 Å². The first kappa shape index (κ1) is 9.32. The molecule has 0 saturated carbocycles. The van der Waals surface area contributed by atoms with Gasteiger partial charge in [0.15, 0.2) is 0 Å². The summed E-state index contributed by atoms with van der Waals surface area (Å²) in [6.45, 7) is 3.48. The number of hydrogen-bond acceptors (Lipinski definition) is 3. The Balaban J connectivity index is 2.78. The van der Waals surface area contributed by atoms with E-state index in [2.05, 4.69) is 11.9 Å². The van der Waals surface area contributed by atoms with Gasteiger partial charge in [-0.2, -0.15) is 0 Å². The topological polar surface area (TPSA) is 49.3 Å². The Hall–Kier alpha value is -1.77. The number of carbonyl (C=O) groups is 1. The molecule has 2 N–H and O–H groups in total. The van der Waals surface area contributed by atoms with Gasteiger partial charge in [-0.15, -0.1) is 6.58 Å². The molecule has 1 atom stereocenters. The summed E-state index contributed by atoms with van der Waals surface area (Å²) in [6, 6.07) is 6.26. The number of para-hydroxylation sites is 2. The smallest absolute Gasteiger partial charge is 0.146 e. The fourth-order valence-electron chi connectivity index (χ4n) is 0.924. The van der Waals surface area contributed by atoms with E-state index in [0.717, 1.165) is 6.29 Å². The number of rotatable bonds is 4. The number of carbonyl (C=O) groups excluding carboxylic acids is 1. The number of aldehydes is 1. The third kappa shape index (κ3) is 2.33. The summed E-state index contributed by atoms with van der Waals surface area (Å²) >= 11 is 0. The van der Waals surface area contributed by atoms with Gasteiger partial charge in [0.1, 0.15) is 18.1 Å². The van der Waals surface area contributed by atoms with Gasteiger partial charge >= 0.3 is 0 Å². The van der Waals surface area contributed by atoms with Gasteiger partial charge in [0.2, 0.25) is 0 Å². The van der Waals surface area contributed by atoms with Crippen molar-refractivity contribution in [2.45, 2.75) is 6.04 Å². The minimum atomic E-state index is -0.465. The summed E-state index contributed by atoms with van der Waals surface area (Å²) in [6.07, 6.45) is 2.19. The zero-order chi connectivity index (χ0) is 9.68. The Bertz CT molecular complexity index is 302. The van der Waals surface area contributed by atoms with Crippen molar-refractivity contribution in [1.82, 2.24) is 0 Å². The number of benzene rings is 1. The lowest BCUT2D eigenvalue weighted by Crippen LogP contribution is -2.17. The molecule has 13 heavy (non-hydrogen) atoms. The summed E-state index contributed by atoms with van der Waals surface area (Å²) in [7, 11) is 0. The Morgan fingerprint density at radius 3 is 2.69 bits per heavy atom. The second-order valence-corrected chi connectivity index (χ2v) is 2.56. The van der Waals surface area contributed by atoms with E-state index in [1.54, 1.807) is 24.3 Å². The molecule has 0 saturated heterocycles. The molecule has 68 valence electrons. The van der Waals surface area contributed by atoms with E-state index in [-0.39, 0.29) is 5.75 Å². The molecule has 0 amide bonds. The zero-order valence-electron chi connectivity index (χ0n) is 7.10. The van der Waals surface area contributed by atoms with Gasteiger partial charge in [0, 0.05) is 0 Å². The van der Waals surface area contributed by atoms with Gasteiger partial charge in [-0.1, -0.05) is 18.2 Å². The molecule has 3 nitrogen and oxygen atoms in total. The Kier molecular flexibility index (Phi) is 3.09. The number of anilines is 1. The lowest BCUT2D eigenvalue weighted by atomic mass is 10.2. The van der Waals surface area contributed by atoms with Crippen LogP contribution in [0.5, 0.6) is 5.75 Å². The van der Waals surface area contributed by atoms with Crippen molar-refractivity contribution in [3.05, 3.63) is 36.9 Å². The maximum atomic E-state index is 10.4. The van der Waals surface area contributed by atoms with E-state index in [9.17, 15) is 9.90 Å². The van der Waals surface area contributed by atoms with E-state index in [4.69, 9.17) is 0 Å². The van der Waals surface area contributed by atoms with Crippen LogP contribution >= 0.6 is 0 Å². The molecule has 0 bridgehead atoms. The highest BCUT2D eigenvalue weighted by atomic mass is 16.3. The van der Waals surface area contributed by atoms with Crippen molar-refractivity contribution in [3.63, 3.8) is 0 Å². The van der Waals surface area contributed by atoms with Crippen LogP contribution in [0.1, 0.15) is 0 Å². The van der Waals surface area contributed by atoms with E-state index in [1.165, 1.54) is 6.08 Å². The largest absolute Gasteiger partial charge is 0.506 e. The predicted octanol–water partition coefficient (Wildman–Crippen LogP) is 1.56. The number of phenols is 1. The molecule has 1 aromatic carbocycles. The average molecular weight is 177 g/mol. The summed E-state index contributed by atoms with van der Waals surface area (Å²) in [4.78, 5) is 10.4. The fraction of sp³-hybridized carbons (Fsp3) is 0.100. The first-order valence-corrected chi connectivity index (χ1v) is 3.90. The van der Waals surface area contributed by atoms with Crippen LogP contribution in [0.15, 0.2) is 36.9 Å². The fourth-order valence-corrected chi connectivity index (χ4v) is 0.924. The average Bonchev–Trinajstić information content (AvgIpc) is 2.17. The van der Waals surface area contributed by atoms with Gasteiger partial charge in [-0.05, 0) is 12.1 Å². The molecule has 3 heteroatoms. The van der Waals surface area contributed by atoms with Crippen molar-refractivity contribution in [2.75, 3.05) is 5.32 Å². The lowest BCUT2D eigenvalue weighted by Gasteiger charge is -2.10. The second-order valence-electron chi connectivity index (χ2n) is 2.56. The van der Waals surface area contributed by atoms with Crippen LogP contribution < -0.4 is 5.32 Å². The van der Waals surface area contributed by atoms with Crippen LogP contribution in [-0.2, 0) is 4.79 Å². The van der Waals surface area contributed by atoms with E-state index < -0.39 is 6.04 Å². The predicted molar refractivity (Wildman–Crippen MR) is 51.8 cm³/mol. The molecule has 1 unspecified atom stereocenters. The normalized spacial score (nSPS) is 11.7. The van der Waals surface area contributed by atoms with Crippen molar-refractivity contribution >= 4 is 12.0 Å². The van der Waals surface area contributed by atoms with Gasteiger partial charge in [-0.25, -0.2) is 0 Å². The third-order valence-corrected chi connectivity index (χ3v) is 1.63. The summed E-state index contributed by atoms with van der Waals surface area (Å²) in [5, 5.41) is 12.1. The summed E-state index contributed by atoms with van der Waals surface area (Å²) in [5.74, 6) is 0.121. The molecule has 1 aromatic rings. The minimum absolute atomic E-state index is 0.121. The quantitative estimate of drug-likeness (QED) is 0.417. The number of aromatic hydroxyl groups is 1. The van der Waals surface area contributed by atoms with Gasteiger partial charge in [-0.3, -0.25) is 0 Å².